The normalized spacial score (nSPS) is 16.0. The van der Waals surface area contributed by atoms with Gasteiger partial charge in [-0.25, -0.2) is 0 Å². The number of hydrogen-bond acceptors (Lipinski definition) is 0. The second-order valence-corrected chi connectivity index (χ2v) is 1.84. The molecule has 0 rings (SSSR count). The third kappa shape index (κ3) is 6.00. The van der Waals surface area contributed by atoms with Crippen molar-refractivity contribution < 1.29 is 1.37 Å². The van der Waals surface area contributed by atoms with Crippen molar-refractivity contribution in [1.82, 2.24) is 0 Å². The van der Waals surface area contributed by atoms with E-state index in [2.05, 4.69) is 13.8 Å². The van der Waals surface area contributed by atoms with Gasteiger partial charge in [0.1, 0.15) is 0 Å². The first kappa shape index (κ1) is 5.14. The van der Waals surface area contributed by atoms with Crippen LogP contribution in [0.5, 0.6) is 0 Å². The SMILES string of the molecule is [3H]C(CC)CCCC. The first-order valence-corrected chi connectivity index (χ1v) is 3.23. The Labute approximate surface area is 48.3 Å². The Balaban J connectivity index is 2.86. The molecule has 44 valence electrons. The molecule has 0 aliphatic rings. The Kier molecular flexibility index (Phi) is 4.41. The van der Waals surface area contributed by atoms with E-state index in [4.69, 9.17) is 1.37 Å². The van der Waals surface area contributed by atoms with Crippen LogP contribution in [0.3, 0.4) is 0 Å². The molecule has 0 aliphatic heterocycles. The van der Waals surface area contributed by atoms with Crippen molar-refractivity contribution in [3.05, 3.63) is 0 Å². The van der Waals surface area contributed by atoms with Gasteiger partial charge in [0.25, 0.3) is 0 Å². The van der Waals surface area contributed by atoms with E-state index >= 15 is 0 Å². The van der Waals surface area contributed by atoms with Gasteiger partial charge < -0.3 is 0 Å². The van der Waals surface area contributed by atoms with E-state index in [0.29, 0.717) is 0 Å². The fourth-order valence-corrected chi connectivity index (χ4v) is 0.553. The summed E-state index contributed by atoms with van der Waals surface area (Å²) in [6.45, 7) is 4.25. The van der Waals surface area contributed by atoms with Crippen molar-refractivity contribution in [3.63, 3.8) is 0 Å². The molecule has 0 nitrogen and oxygen atoms in total. The molecule has 0 amide bonds. The van der Waals surface area contributed by atoms with Gasteiger partial charge in [0.2, 0.25) is 0 Å². The molecule has 1 unspecified atom stereocenters. The molecule has 1 atom stereocenters. The van der Waals surface area contributed by atoms with Gasteiger partial charge in [-0.3, -0.25) is 0 Å². The molecule has 0 aromatic carbocycles. The maximum absolute atomic E-state index is 7.32. The Hall–Kier alpha value is 0. The summed E-state index contributed by atoms with van der Waals surface area (Å²) in [5.41, 5.74) is 0. The highest BCUT2D eigenvalue weighted by Gasteiger charge is 1.80. The van der Waals surface area contributed by atoms with Crippen molar-refractivity contribution in [2.75, 3.05) is 0 Å². The van der Waals surface area contributed by atoms with E-state index in [1.165, 1.54) is 12.8 Å². The molecular weight excluding hydrogens is 84.1 g/mol. The zero-order valence-electron chi connectivity index (χ0n) is 6.41. The van der Waals surface area contributed by atoms with Crippen molar-refractivity contribution in [2.45, 2.75) is 45.9 Å². The van der Waals surface area contributed by atoms with Crippen molar-refractivity contribution in [1.29, 1.82) is 0 Å². The van der Waals surface area contributed by atoms with Crippen LogP contribution >= 0.6 is 0 Å². The van der Waals surface area contributed by atoms with Gasteiger partial charge in [-0.2, -0.15) is 0 Å². The minimum Gasteiger partial charge on any atom is -0.0654 e. The quantitative estimate of drug-likeness (QED) is 0.512. The highest BCUT2D eigenvalue weighted by molar-refractivity contribution is 4.35. The molecule has 0 spiro atoms. The molecule has 0 saturated carbocycles. The van der Waals surface area contributed by atoms with Gasteiger partial charge in [-0.05, 0) is 0 Å². The van der Waals surface area contributed by atoms with Gasteiger partial charge in [0.15, 0.2) is 0 Å². The number of hydrogen-bond donors (Lipinski definition) is 0. The van der Waals surface area contributed by atoms with Crippen LogP contribution in [0, 0.1) is 0 Å². The number of unbranched alkanes of at least 4 members (excludes halogenated alkanes) is 1. The van der Waals surface area contributed by atoms with E-state index in [1.807, 2.05) is 0 Å². The van der Waals surface area contributed by atoms with Crippen LogP contribution in [0.1, 0.15) is 47.3 Å². The molecule has 0 N–H and O–H groups in total. The van der Waals surface area contributed by atoms with E-state index in [1.54, 1.807) is 0 Å². The van der Waals surface area contributed by atoms with E-state index in [0.717, 1.165) is 12.8 Å². The molecule has 0 fully saturated rings. The summed E-state index contributed by atoms with van der Waals surface area (Å²) in [6, 6.07) is 0. The summed E-state index contributed by atoms with van der Waals surface area (Å²) in [4.78, 5) is 0. The minimum atomic E-state index is 0.204. The minimum absolute atomic E-state index is 0.204. The van der Waals surface area contributed by atoms with Crippen LogP contribution < -0.4 is 0 Å². The molecule has 0 aromatic rings. The van der Waals surface area contributed by atoms with Crippen LogP contribution in [0.25, 0.3) is 0 Å². The van der Waals surface area contributed by atoms with Crippen LogP contribution in [0.15, 0.2) is 0 Å². The summed E-state index contributed by atoms with van der Waals surface area (Å²) >= 11 is 0. The first-order chi connectivity index (χ1) is 3.81. The predicted octanol–water partition coefficient (Wildman–Crippen LogP) is 2.98. The number of rotatable bonds is 4. The molecular formula is C7H16. The summed E-state index contributed by atoms with van der Waals surface area (Å²) < 4.78 is 7.32. The largest absolute Gasteiger partial charge is 0.0654 e. The van der Waals surface area contributed by atoms with Crippen LogP contribution in [0.4, 0.5) is 0 Å². The zero-order chi connectivity index (χ0) is 6.41. The van der Waals surface area contributed by atoms with Gasteiger partial charge in [0, 0.05) is 1.37 Å². The smallest absolute Gasteiger partial charge is 0.0266 e. The fraction of sp³-hybridized carbons (Fsp3) is 1.00. The van der Waals surface area contributed by atoms with E-state index < -0.39 is 0 Å². The Morgan fingerprint density at radius 2 is 1.86 bits per heavy atom. The molecule has 0 heteroatoms. The second-order valence-electron chi connectivity index (χ2n) is 1.84. The average Bonchev–Trinajstić information content (AvgIpc) is 1.83. The highest BCUT2D eigenvalue weighted by atomic mass is 13.9. The van der Waals surface area contributed by atoms with Crippen molar-refractivity contribution >= 4 is 0 Å². The molecule has 0 aromatic heterocycles. The maximum atomic E-state index is 7.32. The Morgan fingerprint density at radius 1 is 1.14 bits per heavy atom. The third-order valence-corrected chi connectivity index (χ3v) is 1.05. The summed E-state index contributed by atoms with van der Waals surface area (Å²) in [6.07, 6.45) is 4.76. The summed E-state index contributed by atoms with van der Waals surface area (Å²) in [5, 5.41) is 0. The maximum Gasteiger partial charge on any atom is 0.0266 e. The zero-order valence-corrected chi connectivity index (χ0v) is 5.41. The average molecular weight is 102 g/mol. The summed E-state index contributed by atoms with van der Waals surface area (Å²) in [5.74, 6) is 0. The highest BCUT2D eigenvalue weighted by Crippen LogP contribution is 2.00. The third-order valence-electron chi connectivity index (χ3n) is 1.05. The molecule has 0 heterocycles. The van der Waals surface area contributed by atoms with Crippen LogP contribution in [-0.4, -0.2) is 0 Å². The van der Waals surface area contributed by atoms with E-state index in [9.17, 15) is 0 Å². The van der Waals surface area contributed by atoms with Gasteiger partial charge in [-0.15, -0.1) is 0 Å². The lowest BCUT2D eigenvalue weighted by atomic mass is 10.2. The van der Waals surface area contributed by atoms with Crippen LogP contribution in [-0.2, 0) is 0 Å². The van der Waals surface area contributed by atoms with Gasteiger partial charge >= 0.3 is 0 Å². The monoisotopic (exact) mass is 102 g/mol. The summed E-state index contributed by atoms with van der Waals surface area (Å²) in [7, 11) is 0. The topological polar surface area (TPSA) is 0 Å². The lowest BCUT2D eigenvalue weighted by molar-refractivity contribution is 0.656. The standard InChI is InChI=1S/C7H16/c1-3-5-7-6-4-2/h3-7H2,1-2H3/i5T. The molecule has 0 saturated heterocycles. The molecule has 0 bridgehead atoms. The van der Waals surface area contributed by atoms with Gasteiger partial charge in [-0.1, -0.05) is 45.9 Å². The lowest BCUT2D eigenvalue weighted by Crippen LogP contribution is -1.70. The van der Waals surface area contributed by atoms with Crippen LogP contribution in [0.2, 0.25) is 0 Å². The second kappa shape index (κ2) is 6.00. The van der Waals surface area contributed by atoms with Gasteiger partial charge in [0.05, 0.1) is 0 Å². The van der Waals surface area contributed by atoms with Crippen molar-refractivity contribution in [3.8, 4) is 0 Å². The fourth-order valence-electron chi connectivity index (χ4n) is 0.553. The Bertz CT molecular complexity index is 43.7. The first-order valence-electron chi connectivity index (χ1n) is 3.81. The molecule has 0 aliphatic carbocycles. The van der Waals surface area contributed by atoms with Crippen molar-refractivity contribution in [2.24, 2.45) is 0 Å². The predicted molar refractivity (Wildman–Crippen MR) is 34.4 cm³/mol. The van der Waals surface area contributed by atoms with E-state index in [-0.39, 0.29) is 6.40 Å². The molecule has 7 heavy (non-hydrogen) atoms. The molecule has 0 radical (unpaired) electrons. The lowest BCUT2D eigenvalue weighted by Gasteiger charge is -1.90. The Morgan fingerprint density at radius 3 is 2.29 bits per heavy atom.